The molecule has 5 rings (SSSR count). The summed E-state index contributed by atoms with van der Waals surface area (Å²) in [6.45, 7) is 2.97. The normalized spacial score (nSPS) is 15.2. The molecule has 0 bridgehead atoms. The van der Waals surface area contributed by atoms with E-state index in [0.29, 0.717) is 16.6 Å². The van der Waals surface area contributed by atoms with E-state index in [0.717, 1.165) is 54.7 Å². The number of anilines is 1. The Hall–Kier alpha value is -3.34. The summed E-state index contributed by atoms with van der Waals surface area (Å²) in [5.41, 5.74) is 4.24. The van der Waals surface area contributed by atoms with Gasteiger partial charge in [-0.05, 0) is 42.2 Å². The number of benzene rings is 3. The van der Waals surface area contributed by atoms with Gasteiger partial charge in [0.2, 0.25) is 0 Å². The molecule has 0 saturated carbocycles. The summed E-state index contributed by atoms with van der Waals surface area (Å²) < 4.78 is 5.47. The summed E-state index contributed by atoms with van der Waals surface area (Å²) in [6.07, 6.45) is 6.45. The molecule has 1 saturated heterocycles. The molecule has 1 aliphatic heterocycles. The predicted molar refractivity (Wildman–Crippen MR) is 141 cm³/mol. The lowest BCUT2D eigenvalue weighted by atomic mass is 10.0. The van der Waals surface area contributed by atoms with Crippen LogP contribution in [0.4, 0.5) is 5.69 Å². The number of rotatable bonds is 6. The second-order valence-corrected chi connectivity index (χ2v) is 9.11. The van der Waals surface area contributed by atoms with Crippen LogP contribution in [0.15, 0.2) is 94.2 Å². The van der Waals surface area contributed by atoms with Crippen molar-refractivity contribution in [3.05, 3.63) is 106 Å². The molecule has 0 aliphatic carbocycles. The number of hydrogen-bond donors (Lipinski definition) is 1. The van der Waals surface area contributed by atoms with Crippen LogP contribution >= 0.6 is 11.6 Å². The van der Waals surface area contributed by atoms with Crippen molar-refractivity contribution in [1.82, 2.24) is 4.90 Å². The standard InChI is InChI=1S/C29H27ClN2O2/c30-26-11-5-4-10-24(26)22-12-13-28-25(19-22)27(20-29(33)34-28)31-23-14-17-32(18-15-23)16-6-9-21-7-2-1-3-8-21/h1-13,19-20,23,31H,14-18H2/b9-6+. The zero-order valence-corrected chi connectivity index (χ0v) is 19.7. The molecule has 0 unspecified atom stereocenters. The highest BCUT2D eigenvalue weighted by Crippen LogP contribution is 2.32. The van der Waals surface area contributed by atoms with Gasteiger partial charge in [0, 0.05) is 47.7 Å². The molecule has 1 aliphatic rings. The van der Waals surface area contributed by atoms with E-state index < -0.39 is 0 Å². The van der Waals surface area contributed by atoms with E-state index >= 15 is 0 Å². The molecule has 34 heavy (non-hydrogen) atoms. The first-order chi connectivity index (χ1) is 16.7. The Kier molecular flexibility index (Phi) is 6.79. The lowest BCUT2D eigenvalue weighted by Gasteiger charge is -2.32. The zero-order valence-electron chi connectivity index (χ0n) is 18.9. The van der Waals surface area contributed by atoms with Gasteiger partial charge >= 0.3 is 5.63 Å². The summed E-state index contributed by atoms with van der Waals surface area (Å²) in [5.74, 6) is 0. The number of nitrogens with one attached hydrogen (secondary N) is 1. The van der Waals surface area contributed by atoms with E-state index in [1.165, 1.54) is 5.56 Å². The van der Waals surface area contributed by atoms with Crippen LogP contribution in [-0.4, -0.2) is 30.6 Å². The zero-order chi connectivity index (χ0) is 23.3. The van der Waals surface area contributed by atoms with Gasteiger partial charge in [-0.2, -0.15) is 0 Å². The number of halogens is 1. The summed E-state index contributed by atoms with van der Waals surface area (Å²) in [5, 5.41) is 5.21. The van der Waals surface area contributed by atoms with Gasteiger partial charge in [0.1, 0.15) is 5.58 Å². The third-order valence-electron chi connectivity index (χ3n) is 6.35. The van der Waals surface area contributed by atoms with Crippen molar-refractivity contribution in [2.24, 2.45) is 0 Å². The fourth-order valence-electron chi connectivity index (χ4n) is 4.53. The molecule has 4 nitrogen and oxygen atoms in total. The first-order valence-electron chi connectivity index (χ1n) is 11.7. The minimum absolute atomic E-state index is 0.309. The monoisotopic (exact) mass is 470 g/mol. The van der Waals surface area contributed by atoms with Gasteiger partial charge in [-0.3, -0.25) is 4.90 Å². The molecular formula is C29H27ClN2O2. The first-order valence-corrected chi connectivity index (χ1v) is 12.1. The molecule has 1 N–H and O–H groups in total. The Bertz CT molecular complexity index is 1360. The number of nitrogens with zero attached hydrogens (tertiary/aromatic N) is 1. The van der Waals surface area contributed by atoms with Crippen molar-refractivity contribution in [3.63, 3.8) is 0 Å². The Morgan fingerprint density at radius 2 is 1.74 bits per heavy atom. The SMILES string of the molecule is O=c1cc(NC2CCN(C/C=C/c3ccccc3)CC2)c2cc(-c3ccccc3Cl)ccc2o1. The van der Waals surface area contributed by atoms with Crippen LogP contribution < -0.4 is 10.9 Å². The van der Waals surface area contributed by atoms with Crippen molar-refractivity contribution >= 4 is 34.3 Å². The van der Waals surface area contributed by atoms with E-state index in [2.05, 4.69) is 46.6 Å². The van der Waals surface area contributed by atoms with Crippen molar-refractivity contribution in [1.29, 1.82) is 0 Å². The second kappa shape index (κ2) is 10.3. The van der Waals surface area contributed by atoms with E-state index in [4.69, 9.17) is 16.0 Å². The van der Waals surface area contributed by atoms with E-state index in [9.17, 15) is 4.79 Å². The third-order valence-corrected chi connectivity index (χ3v) is 6.68. The van der Waals surface area contributed by atoms with Crippen LogP contribution in [0, 0.1) is 0 Å². The third kappa shape index (κ3) is 5.24. The maximum absolute atomic E-state index is 12.2. The van der Waals surface area contributed by atoms with Gasteiger partial charge in [-0.25, -0.2) is 4.79 Å². The Morgan fingerprint density at radius 1 is 0.971 bits per heavy atom. The van der Waals surface area contributed by atoms with Crippen LogP contribution in [0.2, 0.25) is 5.02 Å². The average Bonchev–Trinajstić information content (AvgIpc) is 2.86. The lowest BCUT2D eigenvalue weighted by molar-refractivity contribution is 0.240. The topological polar surface area (TPSA) is 45.5 Å². The summed E-state index contributed by atoms with van der Waals surface area (Å²) in [6, 6.07) is 25.9. The quantitative estimate of drug-likeness (QED) is 0.318. The molecule has 172 valence electrons. The van der Waals surface area contributed by atoms with E-state index in [1.807, 2.05) is 48.5 Å². The molecule has 0 spiro atoms. The average molecular weight is 471 g/mol. The molecule has 1 fully saturated rings. The van der Waals surface area contributed by atoms with Gasteiger partial charge in [0.15, 0.2) is 0 Å². The molecule has 0 radical (unpaired) electrons. The Balaban J connectivity index is 1.28. The van der Waals surface area contributed by atoms with Crippen LogP contribution in [0.25, 0.3) is 28.2 Å². The minimum Gasteiger partial charge on any atom is -0.423 e. The fourth-order valence-corrected chi connectivity index (χ4v) is 4.77. The molecule has 1 aromatic heterocycles. The molecule has 5 heteroatoms. The molecule has 3 aromatic carbocycles. The summed E-state index contributed by atoms with van der Waals surface area (Å²) in [4.78, 5) is 14.7. The second-order valence-electron chi connectivity index (χ2n) is 8.70. The van der Waals surface area contributed by atoms with Crippen LogP contribution in [0.3, 0.4) is 0 Å². The Labute approximate surface area is 204 Å². The van der Waals surface area contributed by atoms with Crippen molar-refractivity contribution in [3.8, 4) is 11.1 Å². The minimum atomic E-state index is -0.344. The van der Waals surface area contributed by atoms with Gasteiger partial charge < -0.3 is 9.73 Å². The van der Waals surface area contributed by atoms with Gasteiger partial charge in [-0.15, -0.1) is 0 Å². The maximum Gasteiger partial charge on any atom is 0.338 e. The van der Waals surface area contributed by atoms with E-state index in [1.54, 1.807) is 6.07 Å². The maximum atomic E-state index is 12.2. The Morgan fingerprint density at radius 3 is 2.53 bits per heavy atom. The smallest absolute Gasteiger partial charge is 0.338 e. The van der Waals surface area contributed by atoms with Crippen LogP contribution in [0.5, 0.6) is 0 Å². The number of hydrogen-bond acceptors (Lipinski definition) is 4. The number of fused-ring (bicyclic) bond motifs is 1. The molecular weight excluding hydrogens is 444 g/mol. The highest BCUT2D eigenvalue weighted by Gasteiger charge is 2.19. The number of piperidine rings is 1. The highest BCUT2D eigenvalue weighted by atomic mass is 35.5. The number of likely N-dealkylation sites (tertiary alicyclic amines) is 1. The van der Waals surface area contributed by atoms with Gasteiger partial charge in [0.05, 0.1) is 5.69 Å². The van der Waals surface area contributed by atoms with Crippen LogP contribution in [-0.2, 0) is 0 Å². The largest absolute Gasteiger partial charge is 0.423 e. The van der Waals surface area contributed by atoms with Gasteiger partial charge in [-0.1, -0.05) is 78.4 Å². The van der Waals surface area contributed by atoms with Gasteiger partial charge in [0.25, 0.3) is 0 Å². The van der Waals surface area contributed by atoms with Crippen LogP contribution in [0.1, 0.15) is 18.4 Å². The molecule has 4 aromatic rings. The molecule has 0 atom stereocenters. The van der Waals surface area contributed by atoms with Crippen molar-refractivity contribution in [2.45, 2.75) is 18.9 Å². The lowest BCUT2D eigenvalue weighted by Crippen LogP contribution is -2.39. The highest BCUT2D eigenvalue weighted by molar-refractivity contribution is 6.33. The summed E-state index contributed by atoms with van der Waals surface area (Å²) in [7, 11) is 0. The first kappa shape index (κ1) is 22.5. The molecule has 2 heterocycles. The van der Waals surface area contributed by atoms with Crippen molar-refractivity contribution in [2.75, 3.05) is 25.0 Å². The van der Waals surface area contributed by atoms with E-state index in [-0.39, 0.29) is 5.63 Å². The fraction of sp³-hybridized carbons (Fsp3) is 0.207. The van der Waals surface area contributed by atoms with Crippen molar-refractivity contribution < 1.29 is 4.42 Å². The molecule has 0 amide bonds. The summed E-state index contributed by atoms with van der Waals surface area (Å²) >= 11 is 6.42. The predicted octanol–water partition coefficient (Wildman–Crippen LogP) is 6.70.